The smallest absolute Gasteiger partial charge is 0.145 e. The number of halogens is 2. The minimum atomic E-state index is -0.457. The van der Waals surface area contributed by atoms with Crippen LogP contribution < -0.4 is 0 Å². The molecule has 0 bridgehead atoms. The van der Waals surface area contributed by atoms with Gasteiger partial charge in [-0.1, -0.05) is 55.8 Å². The maximum atomic E-state index is 13.7. The zero-order chi connectivity index (χ0) is 13.0. The van der Waals surface area contributed by atoms with Crippen LogP contribution in [-0.4, -0.2) is 11.2 Å². The van der Waals surface area contributed by atoms with E-state index in [1.807, 2.05) is 0 Å². The van der Waals surface area contributed by atoms with E-state index >= 15 is 0 Å². The van der Waals surface area contributed by atoms with Crippen molar-refractivity contribution in [2.24, 2.45) is 5.92 Å². The highest BCUT2D eigenvalue weighted by atomic mass is 35.5. The molecule has 1 saturated carbocycles. The highest BCUT2D eigenvalue weighted by Gasteiger charge is 2.19. The van der Waals surface area contributed by atoms with E-state index in [9.17, 15) is 9.50 Å². The van der Waals surface area contributed by atoms with Crippen molar-refractivity contribution in [3.05, 3.63) is 34.6 Å². The molecule has 1 aliphatic carbocycles. The van der Waals surface area contributed by atoms with Gasteiger partial charge in [-0.3, -0.25) is 0 Å². The minimum absolute atomic E-state index is 0.136. The standard InChI is InChI=1S/C15H20ClFO/c16-14-8-4-7-12(15(14)17)10-13(18)9-11-5-2-1-3-6-11/h4,7-8,11,13,18H,1-3,5-6,9-10H2. The monoisotopic (exact) mass is 270 g/mol. The van der Waals surface area contributed by atoms with Crippen molar-refractivity contribution >= 4 is 11.6 Å². The van der Waals surface area contributed by atoms with E-state index in [1.54, 1.807) is 12.1 Å². The molecule has 0 heterocycles. The molecular formula is C15H20ClFO. The molecule has 2 rings (SSSR count). The minimum Gasteiger partial charge on any atom is -0.393 e. The Morgan fingerprint density at radius 1 is 1.28 bits per heavy atom. The lowest BCUT2D eigenvalue weighted by Gasteiger charge is -2.24. The highest BCUT2D eigenvalue weighted by molar-refractivity contribution is 6.30. The molecule has 0 aliphatic heterocycles. The summed E-state index contributed by atoms with van der Waals surface area (Å²) in [6.45, 7) is 0. The molecule has 0 aromatic heterocycles. The van der Waals surface area contributed by atoms with Crippen LogP contribution in [0.3, 0.4) is 0 Å². The lowest BCUT2D eigenvalue weighted by Crippen LogP contribution is -2.18. The van der Waals surface area contributed by atoms with Crippen LogP contribution in [0.15, 0.2) is 18.2 Å². The van der Waals surface area contributed by atoms with Crippen molar-refractivity contribution in [1.29, 1.82) is 0 Å². The zero-order valence-electron chi connectivity index (χ0n) is 10.5. The van der Waals surface area contributed by atoms with Gasteiger partial charge in [0, 0.05) is 6.42 Å². The molecule has 0 radical (unpaired) electrons. The van der Waals surface area contributed by atoms with Crippen LogP contribution in [-0.2, 0) is 6.42 Å². The van der Waals surface area contributed by atoms with Gasteiger partial charge in [0.15, 0.2) is 0 Å². The van der Waals surface area contributed by atoms with Gasteiger partial charge >= 0.3 is 0 Å². The van der Waals surface area contributed by atoms with Crippen LogP contribution in [0.4, 0.5) is 4.39 Å². The third kappa shape index (κ3) is 3.69. The Morgan fingerprint density at radius 3 is 2.72 bits per heavy atom. The van der Waals surface area contributed by atoms with Crippen molar-refractivity contribution in [3.63, 3.8) is 0 Å². The molecular weight excluding hydrogens is 251 g/mol. The molecule has 0 spiro atoms. The molecule has 1 atom stereocenters. The van der Waals surface area contributed by atoms with E-state index in [1.165, 1.54) is 38.2 Å². The number of aliphatic hydroxyl groups excluding tert-OH is 1. The second kappa shape index (κ2) is 6.53. The summed E-state index contributed by atoms with van der Waals surface area (Å²) in [5, 5.41) is 10.2. The Balaban J connectivity index is 1.90. The van der Waals surface area contributed by atoms with Gasteiger partial charge in [0.25, 0.3) is 0 Å². The quantitative estimate of drug-likeness (QED) is 0.862. The summed E-state index contributed by atoms with van der Waals surface area (Å²) in [6, 6.07) is 4.97. The van der Waals surface area contributed by atoms with Gasteiger partial charge in [-0.15, -0.1) is 0 Å². The highest BCUT2D eigenvalue weighted by Crippen LogP contribution is 2.28. The Bertz CT molecular complexity index is 388. The van der Waals surface area contributed by atoms with Gasteiger partial charge in [0.05, 0.1) is 11.1 Å². The predicted molar refractivity (Wildman–Crippen MR) is 72.3 cm³/mol. The van der Waals surface area contributed by atoms with Crippen molar-refractivity contribution < 1.29 is 9.50 Å². The third-order valence-corrected chi connectivity index (χ3v) is 4.11. The predicted octanol–water partition coefficient (Wildman–Crippen LogP) is 4.35. The van der Waals surface area contributed by atoms with Crippen LogP contribution >= 0.6 is 11.6 Å². The van der Waals surface area contributed by atoms with Crippen LogP contribution in [0.1, 0.15) is 44.1 Å². The average Bonchev–Trinajstić information content (AvgIpc) is 2.36. The number of hydrogen-bond donors (Lipinski definition) is 1. The maximum Gasteiger partial charge on any atom is 0.145 e. The lowest BCUT2D eigenvalue weighted by molar-refractivity contribution is 0.129. The molecule has 1 aromatic carbocycles. The second-order valence-corrected chi connectivity index (χ2v) is 5.72. The summed E-state index contributed by atoms with van der Waals surface area (Å²) in [6.07, 6.45) is 6.95. The number of benzene rings is 1. The molecule has 3 heteroatoms. The molecule has 1 N–H and O–H groups in total. The molecule has 1 nitrogen and oxygen atoms in total. The first-order chi connectivity index (χ1) is 8.66. The van der Waals surface area contributed by atoms with Gasteiger partial charge in [-0.25, -0.2) is 4.39 Å². The Labute approximate surface area is 113 Å². The van der Waals surface area contributed by atoms with E-state index in [0.717, 1.165) is 6.42 Å². The van der Waals surface area contributed by atoms with Gasteiger partial charge in [0.1, 0.15) is 5.82 Å². The van der Waals surface area contributed by atoms with Crippen molar-refractivity contribution in [2.45, 2.75) is 51.0 Å². The first kappa shape index (κ1) is 13.8. The van der Waals surface area contributed by atoms with E-state index in [4.69, 9.17) is 11.6 Å². The largest absolute Gasteiger partial charge is 0.393 e. The fraction of sp³-hybridized carbons (Fsp3) is 0.600. The van der Waals surface area contributed by atoms with Crippen LogP contribution in [0, 0.1) is 11.7 Å². The molecule has 1 aliphatic rings. The lowest BCUT2D eigenvalue weighted by atomic mass is 9.84. The van der Waals surface area contributed by atoms with Crippen molar-refractivity contribution in [3.8, 4) is 0 Å². The van der Waals surface area contributed by atoms with Crippen LogP contribution in [0.5, 0.6) is 0 Å². The average molecular weight is 271 g/mol. The number of rotatable bonds is 4. The van der Waals surface area contributed by atoms with E-state index < -0.39 is 6.10 Å². The molecule has 0 saturated heterocycles. The van der Waals surface area contributed by atoms with Crippen LogP contribution in [0.2, 0.25) is 5.02 Å². The molecule has 1 unspecified atom stereocenters. The molecule has 1 fully saturated rings. The summed E-state index contributed by atoms with van der Waals surface area (Å²) in [7, 11) is 0. The van der Waals surface area contributed by atoms with Gasteiger partial charge < -0.3 is 5.11 Å². The Morgan fingerprint density at radius 2 is 2.00 bits per heavy atom. The summed E-state index contributed by atoms with van der Waals surface area (Å²) in [5.74, 6) is 0.220. The van der Waals surface area contributed by atoms with Gasteiger partial charge in [-0.2, -0.15) is 0 Å². The molecule has 0 amide bonds. The fourth-order valence-corrected chi connectivity index (χ4v) is 3.05. The summed E-state index contributed by atoms with van der Waals surface area (Å²) in [4.78, 5) is 0. The molecule has 100 valence electrons. The molecule has 18 heavy (non-hydrogen) atoms. The zero-order valence-corrected chi connectivity index (χ0v) is 11.3. The van der Waals surface area contributed by atoms with Gasteiger partial charge in [-0.05, 0) is 24.0 Å². The van der Waals surface area contributed by atoms with Crippen molar-refractivity contribution in [1.82, 2.24) is 0 Å². The van der Waals surface area contributed by atoms with E-state index in [-0.39, 0.29) is 10.8 Å². The van der Waals surface area contributed by atoms with Crippen LogP contribution in [0.25, 0.3) is 0 Å². The normalized spacial score (nSPS) is 18.8. The molecule has 1 aromatic rings. The summed E-state index contributed by atoms with van der Waals surface area (Å²) in [5.41, 5.74) is 0.519. The fourth-order valence-electron chi connectivity index (χ4n) is 2.85. The summed E-state index contributed by atoms with van der Waals surface area (Å²) < 4.78 is 13.7. The maximum absolute atomic E-state index is 13.7. The SMILES string of the molecule is OC(Cc1cccc(Cl)c1F)CC1CCCCC1. The number of aliphatic hydroxyl groups is 1. The van der Waals surface area contributed by atoms with E-state index in [2.05, 4.69) is 0 Å². The second-order valence-electron chi connectivity index (χ2n) is 5.31. The topological polar surface area (TPSA) is 20.2 Å². The first-order valence-electron chi connectivity index (χ1n) is 6.77. The first-order valence-corrected chi connectivity index (χ1v) is 7.15. The Hall–Kier alpha value is -0.600. The number of hydrogen-bond acceptors (Lipinski definition) is 1. The third-order valence-electron chi connectivity index (χ3n) is 3.82. The Kier molecular flexibility index (Phi) is 5.02. The van der Waals surface area contributed by atoms with Crippen molar-refractivity contribution in [2.75, 3.05) is 0 Å². The summed E-state index contributed by atoms with van der Waals surface area (Å²) >= 11 is 5.73. The van der Waals surface area contributed by atoms with E-state index in [0.29, 0.717) is 17.9 Å². The van der Waals surface area contributed by atoms with Gasteiger partial charge in [0.2, 0.25) is 0 Å².